The maximum absolute atomic E-state index is 5.97. The summed E-state index contributed by atoms with van der Waals surface area (Å²) < 4.78 is 5.97. The minimum absolute atomic E-state index is 0.666. The molecule has 0 atom stereocenters. The number of aryl methyl sites for hydroxylation is 3. The molecule has 0 bridgehead atoms. The van der Waals surface area contributed by atoms with Crippen LogP contribution in [-0.2, 0) is 6.54 Å². The Hall–Kier alpha value is -1.94. The first-order valence-corrected chi connectivity index (χ1v) is 7.43. The number of pyridine rings is 2. The molecule has 0 aliphatic heterocycles. The molecule has 1 fully saturated rings. The number of nitrogens with zero attached hydrogens (tertiary/aromatic N) is 2. The van der Waals surface area contributed by atoms with Gasteiger partial charge in [0, 0.05) is 29.5 Å². The molecule has 4 nitrogen and oxygen atoms in total. The van der Waals surface area contributed by atoms with E-state index >= 15 is 0 Å². The van der Waals surface area contributed by atoms with E-state index in [1.165, 1.54) is 18.4 Å². The second kappa shape index (κ2) is 5.82. The van der Waals surface area contributed by atoms with Crippen LogP contribution >= 0.6 is 0 Å². The standard InChI is InChI=1S/C17H21N3O/c1-11-8-13(3)20-17(16(11)10-19-14-5-6-14)21-15-7-4-12(2)18-9-15/h4,7-9,14,19H,5-6,10H2,1-3H3. The topological polar surface area (TPSA) is 47.0 Å². The van der Waals surface area contributed by atoms with Crippen LogP contribution in [0.4, 0.5) is 0 Å². The van der Waals surface area contributed by atoms with E-state index in [-0.39, 0.29) is 0 Å². The van der Waals surface area contributed by atoms with Crippen LogP contribution < -0.4 is 10.1 Å². The van der Waals surface area contributed by atoms with E-state index in [0.29, 0.717) is 11.9 Å². The van der Waals surface area contributed by atoms with Crippen molar-refractivity contribution in [3.8, 4) is 11.6 Å². The number of rotatable bonds is 5. The van der Waals surface area contributed by atoms with Crippen molar-refractivity contribution >= 4 is 0 Å². The minimum atomic E-state index is 0.666. The fourth-order valence-electron chi connectivity index (χ4n) is 2.29. The molecule has 21 heavy (non-hydrogen) atoms. The van der Waals surface area contributed by atoms with Gasteiger partial charge in [-0.05, 0) is 57.4 Å². The lowest BCUT2D eigenvalue weighted by Gasteiger charge is -2.14. The van der Waals surface area contributed by atoms with E-state index in [2.05, 4.69) is 28.3 Å². The summed E-state index contributed by atoms with van der Waals surface area (Å²) in [6.45, 7) is 6.87. The fourth-order valence-corrected chi connectivity index (χ4v) is 2.29. The molecule has 1 aliphatic rings. The van der Waals surface area contributed by atoms with Crippen LogP contribution in [0.2, 0.25) is 0 Å². The summed E-state index contributed by atoms with van der Waals surface area (Å²) in [7, 11) is 0. The highest BCUT2D eigenvalue weighted by Crippen LogP contribution is 2.27. The fraction of sp³-hybridized carbons (Fsp3) is 0.412. The minimum Gasteiger partial charge on any atom is -0.437 e. The third-order valence-electron chi connectivity index (χ3n) is 3.68. The Bertz CT molecular complexity index is 633. The number of nitrogens with one attached hydrogen (secondary N) is 1. The predicted octanol–water partition coefficient (Wildman–Crippen LogP) is 3.45. The molecule has 1 aliphatic carbocycles. The van der Waals surface area contributed by atoms with E-state index in [1.54, 1.807) is 6.20 Å². The highest BCUT2D eigenvalue weighted by atomic mass is 16.5. The van der Waals surface area contributed by atoms with Crippen molar-refractivity contribution in [2.75, 3.05) is 0 Å². The average Bonchev–Trinajstić information content (AvgIpc) is 3.24. The first-order chi connectivity index (χ1) is 10.1. The second-order valence-corrected chi connectivity index (χ2v) is 5.76. The first kappa shape index (κ1) is 14.0. The molecule has 2 heterocycles. The van der Waals surface area contributed by atoms with Crippen LogP contribution in [0.1, 0.15) is 35.4 Å². The summed E-state index contributed by atoms with van der Waals surface area (Å²) in [4.78, 5) is 8.83. The molecule has 2 aromatic rings. The molecule has 4 heteroatoms. The van der Waals surface area contributed by atoms with E-state index < -0.39 is 0 Å². The lowest BCUT2D eigenvalue weighted by molar-refractivity contribution is 0.448. The molecule has 110 valence electrons. The maximum atomic E-state index is 5.97. The SMILES string of the molecule is Cc1ccc(Oc2nc(C)cc(C)c2CNC2CC2)cn1. The Labute approximate surface area is 125 Å². The lowest BCUT2D eigenvalue weighted by Crippen LogP contribution is -2.17. The monoisotopic (exact) mass is 283 g/mol. The zero-order valence-electron chi connectivity index (χ0n) is 12.8. The number of aromatic nitrogens is 2. The van der Waals surface area contributed by atoms with Crippen molar-refractivity contribution in [2.24, 2.45) is 0 Å². The van der Waals surface area contributed by atoms with E-state index in [1.807, 2.05) is 26.0 Å². The molecule has 0 aromatic carbocycles. The molecule has 3 rings (SSSR count). The van der Waals surface area contributed by atoms with Crippen LogP contribution in [0.5, 0.6) is 11.6 Å². The van der Waals surface area contributed by atoms with Crippen molar-refractivity contribution in [1.82, 2.24) is 15.3 Å². The summed E-state index contributed by atoms with van der Waals surface area (Å²) in [6.07, 6.45) is 4.29. The quantitative estimate of drug-likeness (QED) is 0.913. The van der Waals surface area contributed by atoms with Gasteiger partial charge in [-0.2, -0.15) is 0 Å². The molecule has 0 spiro atoms. The Morgan fingerprint density at radius 2 is 2.00 bits per heavy atom. The van der Waals surface area contributed by atoms with Crippen molar-refractivity contribution in [2.45, 2.75) is 46.2 Å². The van der Waals surface area contributed by atoms with Crippen molar-refractivity contribution in [3.05, 3.63) is 46.9 Å². The number of ether oxygens (including phenoxy) is 1. The summed E-state index contributed by atoms with van der Waals surface area (Å²) in [5.74, 6) is 1.41. The highest BCUT2D eigenvalue weighted by Gasteiger charge is 2.21. The predicted molar refractivity (Wildman–Crippen MR) is 82.6 cm³/mol. The number of hydrogen-bond donors (Lipinski definition) is 1. The zero-order chi connectivity index (χ0) is 14.8. The van der Waals surface area contributed by atoms with Gasteiger partial charge in [-0.25, -0.2) is 4.98 Å². The van der Waals surface area contributed by atoms with E-state index in [4.69, 9.17) is 4.74 Å². The van der Waals surface area contributed by atoms with Gasteiger partial charge < -0.3 is 10.1 Å². The number of hydrogen-bond acceptors (Lipinski definition) is 4. The van der Waals surface area contributed by atoms with Gasteiger partial charge in [0.05, 0.1) is 6.20 Å². The zero-order valence-corrected chi connectivity index (χ0v) is 12.8. The maximum Gasteiger partial charge on any atom is 0.224 e. The Morgan fingerprint density at radius 1 is 1.19 bits per heavy atom. The summed E-state index contributed by atoms with van der Waals surface area (Å²) in [5.41, 5.74) is 4.29. The largest absolute Gasteiger partial charge is 0.437 e. The smallest absolute Gasteiger partial charge is 0.224 e. The van der Waals surface area contributed by atoms with Gasteiger partial charge in [0.2, 0.25) is 5.88 Å². The van der Waals surface area contributed by atoms with Gasteiger partial charge in [-0.15, -0.1) is 0 Å². The van der Waals surface area contributed by atoms with Crippen molar-refractivity contribution < 1.29 is 4.74 Å². The molecule has 1 saturated carbocycles. The van der Waals surface area contributed by atoms with Crippen LogP contribution in [0.3, 0.4) is 0 Å². The third kappa shape index (κ3) is 3.58. The Balaban J connectivity index is 1.85. The van der Waals surface area contributed by atoms with Gasteiger partial charge >= 0.3 is 0 Å². The summed E-state index contributed by atoms with van der Waals surface area (Å²) in [6, 6.07) is 6.64. The van der Waals surface area contributed by atoms with E-state index in [0.717, 1.165) is 29.2 Å². The van der Waals surface area contributed by atoms with Gasteiger partial charge in [-0.3, -0.25) is 4.98 Å². The Kier molecular flexibility index (Phi) is 3.88. The van der Waals surface area contributed by atoms with Gasteiger partial charge in [-0.1, -0.05) is 0 Å². The van der Waals surface area contributed by atoms with E-state index in [9.17, 15) is 0 Å². The third-order valence-corrected chi connectivity index (χ3v) is 3.68. The second-order valence-electron chi connectivity index (χ2n) is 5.76. The van der Waals surface area contributed by atoms with Crippen LogP contribution in [0, 0.1) is 20.8 Å². The van der Waals surface area contributed by atoms with Gasteiger partial charge in [0.25, 0.3) is 0 Å². The van der Waals surface area contributed by atoms with Crippen LogP contribution in [0.25, 0.3) is 0 Å². The summed E-state index contributed by atoms with van der Waals surface area (Å²) in [5, 5.41) is 3.53. The molecular formula is C17H21N3O. The molecule has 0 saturated heterocycles. The normalized spacial score (nSPS) is 14.2. The first-order valence-electron chi connectivity index (χ1n) is 7.43. The molecule has 2 aromatic heterocycles. The molecule has 0 radical (unpaired) electrons. The van der Waals surface area contributed by atoms with Crippen molar-refractivity contribution in [1.29, 1.82) is 0 Å². The van der Waals surface area contributed by atoms with Crippen molar-refractivity contribution in [3.63, 3.8) is 0 Å². The lowest BCUT2D eigenvalue weighted by atomic mass is 10.1. The average molecular weight is 283 g/mol. The Morgan fingerprint density at radius 3 is 2.67 bits per heavy atom. The molecule has 0 unspecified atom stereocenters. The van der Waals surface area contributed by atoms with Crippen LogP contribution in [-0.4, -0.2) is 16.0 Å². The molecule has 0 amide bonds. The molecular weight excluding hydrogens is 262 g/mol. The molecule has 1 N–H and O–H groups in total. The highest BCUT2D eigenvalue weighted by molar-refractivity contribution is 5.38. The van der Waals surface area contributed by atoms with Gasteiger partial charge in [0.1, 0.15) is 5.75 Å². The van der Waals surface area contributed by atoms with Crippen LogP contribution in [0.15, 0.2) is 24.4 Å². The van der Waals surface area contributed by atoms with Gasteiger partial charge in [0.15, 0.2) is 0 Å². The summed E-state index contributed by atoms with van der Waals surface area (Å²) >= 11 is 0.